The normalized spacial score (nSPS) is 19.6. The Labute approximate surface area is 201 Å². The second-order valence-electron chi connectivity index (χ2n) is 8.15. The summed E-state index contributed by atoms with van der Waals surface area (Å²) in [6.45, 7) is 0.861. The summed E-state index contributed by atoms with van der Waals surface area (Å²) in [5, 5.41) is 13.2. The number of hydrogen-bond donors (Lipinski definition) is 3. The molecule has 2 aromatic rings. The van der Waals surface area contributed by atoms with Gasteiger partial charge in [0, 0.05) is 29.9 Å². The van der Waals surface area contributed by atoms with Gasteiger partial charge in [0.05, 0.1) is 13.2 Å². The average molecular weight is 483 g/mol. The van der Waals surface area contributed by atoms with Gasteiger partial charge >= 0.3 is 0 Å². The minimum Gasteiger partial charge on any atom is -0.383 e. The molecule has 34 heavy (non-hydrogen) atoms. The molecule has 3 aliphatic rings. The highest BCUT2D eigenvalue weighted by Crippen LogP contribution is 2.27. The molecular weight excluding hydrogens is 460 g/mol. The van der Waals surface area contributed by atoms with Crippen LogP contribution in [-0.2, 0) is 32.1 Å². The molecule has 2 amide bonds. The van der Waals surface area contributed by atoms with Crippen LogP contribution in [0.25, 0.3) is 6.08 Å². The highest BCUT2D eigenvalue weighted by Gasteiger charge is 2.39. The number of ether oxygens (including phenoxy) is 1. The largest absolute Gasteiger partial charge is 0.383 e. The fraction of sp³-hybridized carbons (Fsp3) is 0.250. The van der Waals surface area contributed by atoms with Gasteiger partial charge in [-0.15, -0.1) is 12.4 Å². The summed E-state index contributed by atoms with van der Waals surface area (Å²) in [7, 11) is 0. The number of benzene rings is 2. The predicted molar refractivity (Wildman–Crippen MR) is 129 cm³/mol. The summed E-state index contributed by atoms with van der Waals surface area (Å²) in [5.41, 5.74) is 10.3. The summed E-state index contributed by atoms with van der Waals surface area (Å²) < 4.78 is 5.48. The lowest BCUT2D eigenvalue weighted by molar-refractivity contribution is -0.150. The second kappa shape index (κ2) is 9.38. The molecule has 0 aromatic heterocycles. The molecule has 0 unspecified atom stereocenters. The van der Waals surface area contributed by atoms with Gasteiger partial charge in [0.1, 0.15) is 5.84 Å². The van der Waals surface area contributed by atoms with Crippen molar-refractivity contribution in [1.29, 1.82) is 0 Å². The summed E-state index contributed by atoms with van der Waals surface area (Å²) in [6.07, 6.45) is 0.518. The van der Waals surface area contributed by atoms with Crippen molar-refractivity contribution < 1.29 is 24.2 Å². The van der Waals surface area contributed by atoms with Gasteiger partial charge in [0.25, 0.3) is 11.8 Å². The van der Waals surface area contributed by atoms with E-state index in [1.807, 2.05) is 6.07 Å². The average Bonchev–Trinajstić information content (AvgIpc) is 3.18. The number of rotatable bonds is 4. The van der Waals surface area contributed by atoms with Gasteiger partial charge in [0.2, 0.25) is 0 Å². The number of nitrogens with zero attached hydrogens (tertiary/aromatic N) is 2. The molecule has 2 heterocycles. The van der Waals surface area contributed by atoms with E-state index in [1.54, 1.807) is 36.4 Å². The van der Waals surface area contributed by atoms with Crippen molar-refractivity contribution >= 4 is 53.3 Å². The van der Waals surface area contributed by atoms with Gasteiger partial charge in [-0.25, -0.2) is 0 Å². The number of aliphatic hydroxyl groups is 1. The summed E-state index contributed by atoms with van der Waals surface area (Å²) in [6, 6.07) is 10.6. The van der Waals surface area contributed by atoms with E-state index >= 15 is 0 Å². The molecule has 1 saturated heterocycles. The smallest absolute Gasteiger partial charge is 0.259 e. The summed E-state index contributed by atoms with van der Waals surface area (Å²) in [5.74, 6) is -0.814. The Hall–Kier alpha value is -3.53. The molecule has 5 rings (SSSR count). The van der Waals surface area contributed by atoms with Gasteiger partial charge in [-0.05, 0) is 53.1 Å². The number of nitrogens with two attached hydrogens (primary N) is 1. The van der Waals surface area contributed by atoms with Crippen LogP contribution < -0.4 is 16.0 Å². The molecular formula is C24H23ClN4O5. The highest BCUT2D eigenvalue weighted by atomic mass is 35.5. The summed E-state index contributed by atoms with van der Waals surface area (Å²) in [4.78, 5) is 43.2. The predicted octanol–water partition coefficient (Wildman–Crippen LogP) is 1.20. The molecule has 4 N–H and O–H groups in total. The third kappa shape index (κ3) is 4.33. The molecule has 0 radical (unpaired) electrons. The topological polar surface area (TPSA) is 134 Å². The van der Waals surface area contributed by atoms with Crippen LogP contribution in [0, 0.1) is 0 Å². The van der Waals surface area contributed by atoms with E-state index < -0.39 is 24.0 Å². The first-order chi connectivity index (χ1) is 15.9. The fourth-order valence-electron chi connectivity index (χ4n) is 4.26. The van der Waals surface area contributed by atoms with E-state index in [-0.39, 0.29) is 37.8 Å². The molecule has 176 valence electrons. The number of allylic oxidation sites excluding steroid dienone is 1. The lowest BCUT2D eigenvalue weighted by Crippen LogP contribution is -2.55. The minimum absolute atomic E-state index is 0. The third-order valence-corrected chi connectivity index (χ3v) is 6.00. The number of hydrogen-bond acceptors (Lipinski definition) is 7. The van der Waals surface area contributed by atoms with Crippen molar-refractivity contribution in [2.45, 2.75) is 25.2 Å². The number of anilines is 2. The van der Waals surface area contributed by atoms with Crippen LogP contribution in [0.5, 0.6) is 0 Å². The quantitative estimate of drug-likeness (QED) is 0.599. The standard InChI is InChI=1S/C24H22N4O5.ClH/c25-22-19-6-3-16(9-15(19)12-26-22)27-23(31)20(30)21-24(32)28(7-8-33-21)17-4-1-13-2-5-18(29)11-14(13)10-17;/h1-6,9-10,20-21,30H,7-8,11-12H2,(H2,25,26)(H,27,31);1H/t20-,21-;/m1./s1. The molecule has 9 nitrogen and oxygen atoms in total. The maximum Gasteiger partial charge on any atom is 0.259 e. The first-order valence-corrected chi connectivity index (χ1v) is 10.6. The Morgan fingerprint density at radius 1 is 1.18 bits per heavy atom. The van der Waals surface area contributed by atoms with E-state index in [0.29, 0.717) is 23.8 Å². The van der Waals surface area contributed by atoms with Crippen LogP contribution in [-0.4, -0.2) is 53.9 Å². The van der Waals surface area contributed by atoms with Crippen LogP contribution in [0.4, 0.5) is 11.4 Å². The first-order valence-electron chi connectivity index (χ1n) is 10.6. The molecule has 2 aromatic carbocycles. The first kappa shape index (κ1) is 23.6. The number of fused-ring (bicyclic) bond motifs is 2. The monoisotopic (exact) mass is 482 g/mol. The number of halogens is 1. The Kier molecular flexibility index (Phi) is 6.52. The van der Waals surface area contributed by atoms with Crippen molar-refractivity contribution in [2.75, 3.05) is 23.4 Å². The Balaban J connectivity index is 0.00000274. The van der Waals surface area contributed by atoms with Crippen LogP contribution in [0.3, 0.4) is 0 Å². The number of amidine groups is 1. The second-order valence-corrected chi connectivity index (χ2v) is 8.15. The maximum atomic E-state index is 13.1. The zero-order chi connectivity index (χ0) is 23.1. The zero-order valence-electron chi connectivity index (χ0n) is 18.1. The zero-order valence-corrected chi connectivity index (χ0v) is 18.9. The van der Waals surface area contributed by atoms with Crippen molar-refractivity contribution in [2.24, 2.45) is 10.7 Å². The number of morpholine rings is 1. The lowest BCUT2D eigenvalue weighted by atomic mass is 9.95. The third-order valence-electron chi connectivity index (χ3n) is 6.00. The van der Waals surface area contributed by atoms with Gasteiger partial charge in [-0.2, -0.15) is 0 Å². The van der Waals surface area contributed by atoms with E-state index in [0.717, 1.165) is 22.3 Å². The molecule has 1 fully saturated rings. The van der Waals surface area contributed by atoms with Crippen LogP contribution in [0.15, 0.2) is 47.5 Å². The van der Waals surface area contributed by atoms with Crippen LogP contribution >= 0.6 is 12.4 Å². The molecule has 1 aliphatic carbocycles. The van der Waals surface area contributed by atoms with E-state index in [9.17, 15) is 19.5 Å². The Morgan fingerprint density at radius 3 is 2.82 bits per heavy atom. The molecule has 0 bridgehead atoms. The number of ketones is 1. The fourth-order valence-corrected chi connectivity index (χ4v) is 4.26. The molecule has 0 saturated carbocycles. The Bertz CT molecular complexity index is 1240. The number of nitrogens with one attached hydrogen (secondary N) is 1. The lowest BCUT2D eigenvalue weighted by Gasteiger charge is -2.34. The number of amides is 2. The molecule has 2 aliphatic heterocycles. The number of carbonyl (C=O) groups excluding carboxylic acids is 3. The summed E-state index contributed by atoms with van der Waals surface area (Å²) >= 11 is 0. The molecule has 0 spiro atoms. The molecule has 10 heteroatoms. The van der Waals surface area contributed by atoms with E-state index in [4.69, 9.17) is 10.5 Å². The van der Waals surface area contributed by atoms with Crippen LogP contribution in [0.1, 0.15) is 22.3 Å². The number of aliphatic hydroxyl groups excluding tert-OH is 1. The van der Waals surface area contributed by atoms with Crippen LogP contribution in [0.2, 0.25) is 0 Å². The SMILES string of the molecule is Cl.NC1=NCc2cc(NC(=O)[C@H](O)[C@H]3OCCN(c4ccc5c(c4)CC(=O)C=C5)C3=O)ccc21. The van der Waals surface area contributed by atoms with Crippen molar-refractivity contribution in [3.8, 4) is 0 Å². The van der Waals surface area contributed by atoms with E-state index in [1.165, 1.54) is 11.0 Å². The van der Waals surface area contributed by atoms with Gasteiger partial charge in [-0.1, -0.05) is 12.1 Å². The van der Waals surface area contributed by atoms with E-state index in [2.05, 4.69) is 10.3 Å². The minimum atomic E-state index is -1.70. The maximum absolute atomic E-state index is 13.1. The number of carbonyl (C=O) groups is 3. The molecule has 2 atom stereocenters. The van der Waals surface area contributed by atoms with Crippen molar-refractivity contribution in [3.05, 3.63) is 64.7 Å². The Morgan fingerprint density at radius 2 is 2.00 bits per heavy atom. The number of aliphatic imine (C=N–C) groups is 1. The van der Waals surface area contributed by atoms with Gasteiger partial charge < -0.3 is 25.8 Å². The van der Waals surface area contributed by atoms with Crippen molar-refractivity contribution in [3.63, 3.8) is 0 Å². The van der Waals surface area contributed by atoms with Gasteiger partial charge in [0.15, 0.2) is 18.0 Å². The van der Waals surface area contributed by atoms with Gasteiger partial charge in [-0.3, -0.25) is 19.4 Å². The highest BCUT2D eigenvalue weighted by molar-refractivity contribution is 6.05. The van der Waals surface area contributed by atoms with Crippen molar-refractivity contribution in [1.82, 2.24) is 0 Å².